The van der Waals surface area contributed by atoms with E-state index in [2.05, 4.69) is 14.7 Å². The minimum absolute atomic E-state index is 0.645. The second kappa shape index (κ2) is 4.53. The van der Waals surface area contributed by atoms with Crippen molar-refractivity contribution in [1.29, 1.82) is 0 Å². The summed E-state index contributed by atoms with van der Waals surface area (Å²) in [6.07, 6.45) is 0. The summed E-state index contributed by atoms with van der Waals surface area (Å²) in [5.74, 6) is -5.00. The monoisotopic (exact) mass is 234 g/mol. The van der Waals surface area contributed by atoms with Crippen molar-refractivity contribution < 1.29 is 45.4 Å². The van der Waals surface area contributed by atoms with Crippen LogP contribution < -0.4 is 14.7 Å². The number of phenols is 1. The molecule has 16 heavy (non-hydrogen) atoms. The molecular weight excluding hydrogens is 228 g/mol. The molecule has 0 heterocycles. The molecule has 0 radical (unpaired) electrons. The number of aromatic hydroxyl groups is 1. The van der Waals surface area contributed by atoms with Gasteiger partial charge in [-0.05, 0) is 0 Å². The quantitative estimate of drug-likeness (QED) is 0.374. The number of carbonyl (C=O) groups is 1. The van der Waals surface area contributed by atoms with Gasteiger partial charge in [0.25, 0.3) is 11.5 Å². The van der Waals surface area contributed by atoms with Crippen LogP contribution in [0.1, 0.15) is 10.4 Å². The van der Waals surface area contributed by atoms with Crippen LogP contribution >= 0.6 is 0 Å². The molecule has 0 aliphatic heterocycles. The van der Waals surface area contributed by atoms with Crippen LogP contribution in [0.4, 0.5) is 0 Å². The lowest BCUT2D eigenvalue weighted by Gasteiger charge is -2.10. The lowest BCUT2D eigenvalue weighted by molar-refractivity contribution is -0.178. The third-order valence-electron chi connectivity index (χ3n) is 1.69. The van der Waals surface area contributed by atoms with E-state index >= 15 is 0 Å². The molecule has 1 aromatic carbocycles. The van der Waals surface area contributed by atoms with Gasteiger partial charge in [0.05, 0.1) is 0 Å². The van der Waals surface area contributed by atoms with E-state index in [1.165, 1.54) is 0 Å². The molecule has 0 bridgehead atoms. The van der Waals surface area contributed by atoms with Crippen molar-refractivity contribution in [3.8, 4) is 23.0 Å². The summed E-state index contributed by atoms with van der Waals surface area (Å²) in [5.41, 5.74) is -0.742. The Bertz CT molecular complexity index is 413. The Morgan fingerprint density at radius 2 is 1.62 bits per heavy atom. The van der Waals surface area contributed by atoms with Crippen molar-refractivity contribution in [3.63, 3.8) is 0 Å². The predicted molar refractivity (Wildman–Crippen MR) is 44.8 cm³/mol. The van der Waals surface area contributed by atoms with Gasteiger partial charge in [0.15, 0.2) is 5.75 Å². The van der Waals surface area contributed by atoms with Gasteiger partial charge >= 0.3 is 5.97 Å². The normalized spacial score (nSPS) is 9.69. The van der Waals surface area contributed by atoms with E-state index < -0.39 is 34.5 Å². The molecule has 0 atom stereocenters. The van der Waals surface area contributed by atoms with E-state index in [-0.39, 0.29) is 0 Å². The van der Waals surface area contributed by atoms with Crippen LogP contribution in [0.15, 0.2) is 6.07 Å². The Morgan fingerprint density at radius 1 is 1.06 bits per heavy atom. The van der Waals surface area contributed by atoms with Gasteiger partial charge in [0.1, 0.15) is 5.56 Å². The fourth-order valence-electron chi connectivity index (χ4n) is 1.01. The van der Waals surface area contributed by atoms with E-state index in [0.29, 0.717) is 6.07 Å². The third kappa shape index (κ3) is 1.77. The van der Waals surface area contributed by atoms with Crippen molar-refractivity contribution in [1.82, 2.24) is 0 Å². The number of hydrogen-bond acceptors (Lipinski definition) is 8. The Morgan fingerprint density at radius 3 is 2.00 bits per heavy atom. The lowest BCUT2D eigenvalue weighted by Crippen LogP contribution is -2.03. The average Bonchev–Trinajstić information content (AvgIpc) is 2.27. The molecule has 0 saturated carbocycles. The number of hydrogen-bond donors (Lipinski definition) is 5. The molecule has 0 saturated heterocycles. The van der Waals surface area contributed by atoms with E-state index in [4.69, 9.17) is 20.9 Å². The Labute approximate surface area is 87.1 Å². The van der Waals surface area contributed by atoms with Crippen LogP contribution in [0.2, 0.25) is 0 Å². The highest BCUT2D eigenvalue weighted by atomic mass is 17.1. The molecule has 0 amide bonds. The largest absolute Gasteiger partial charge is 0.503 e. The fourth-order valence-corrected chi connectivity index (χ4v) is 1.01. The van der Waals surface area contributed by atoms with E-state index in [9.17, 15) is 9.90 Å². The van der Waals surface area contributed by atoms with Crippen LogP contribution in [0, 0.1) is 0 Å². The summed E-state index contributed by atoms with van der Waals surface area (Å²) < 4.78 is 0. The minimum atomic E-state index is -1.58. The summed E-state index contributed by atoms with van der Waals surface area (Å²) in [6, 6.07) is 0.645. The first-order chi connectivity index (χ1) is 7.56. The Hall–Kier alpha value is -2.23. The molecule has 0 spiro atoms. The third-order valence-corrected chi connectivity index (χ3v) is 1.69. The number of rotatable bonds is 4. The van der Waals surface area contributed by atoms with Gasteiger partial charge in [-0.1, -0.05) is 0 Å². The smallest absolute Gasteiger partial charge is 0.339 e. The van der Waals surface area contributed by atoms with Gasteiger partial charge in [0, 0.05) is 6.07 Å². The standard InChI is InChI=1S/C7H6O9/c8-4-2(7(9)10)1-3(14-11)5(15-12)6(4)16-13/h1,8,11-13H,(H,9,10). The van der Waals surface area contributed by atoms with E-state index in [0.717, 1.165) is 0 Å². The number of benzene rings is 1. The van der Waals surface area contributed by atoms with Gasteiger partial charge in [0.2, 0.25) is 5.75 Å². The van der Waals surface area contributed by atoms with E-state index in [1.54, 1.807) is 0 Å². The predicted octanol–water partition coefficient (Wildman–Crippen LogP) is 0.646. The molecule has 88 valence electrons. The summed E-state index contributed by atoms with van der Waals surface area (Å²) >= 11 is 0. The van der Waals surface area contributed by atoms with Gasteiger partial charge in [-0.3, -0.25) is 0 Å². The summed E-state index contributed by atoms with van der Waals surface area (Å²) in [4.78, 5) is 21.6. The molecule has 0 aromatic heterocycles. The topological polar surface area (TPSA) is 146 Å². The highest BCUT2D eigenvalue weighted by molar-refractivity contribution is 5.93. The van der Waals surface area contributed by atoms with Crippen molar-refractivity contribution in [3.05, 3.63) is 11.6 Å². The van der Waals surface area contributed by atoms with Gasteiger partial charge in [-0.2, -0.15) is 0 Å². The Kier molecular flexibility index (Phi) is 3.35. The van der Waals surface area contributed by atoms with Crippen LogP contribution in [-0.4, -0.2) is 32.0 Å². The first-order valence-corrected chi connectivity index (χ1v) is 3.64. The van der Waals surface area contributed by atoms with Crippen LogP contribution in [-0.2, 0) is 0 Å². The van der Waals surface area contributed by atoms with Crippen LogP contribution in [0.5, 0.6) is 23.0 Å². The van der Waals surface area contributed by atoms with Crippen LogP contribution in [0.25, 0.3) is 0 Å². The summed E-state index contributed by atoms with van der Waals surface area (Å²) in [6.45, 7) is 0. The van der Waals surface area contributed by atoms with Crippen LogP contribution in [0.3, 0.4) is 0 Å². The molecule has 5 N–H and O–H groups in total. The molecule has 0 aliphatic carbocycles. The highest BCUT2D eigenvalue weighted by Gasteiger charge is 2.26. The second-order valence-electron chi connectivity index (χ2n) is 2.51. The minimum Gasteiger partial charge on any atom is -0.503 e. The molecule has 9 heteroatoms. The van der Waals surface area contributed by atoms with Crippen molar-refractivity contribution in [2.75, 3.05) is 0 Å². The molecule has 9 nitrogen and oxygen atoms in total. The molecule has 1 rings (SSSR count). The maximum absolute atomic E-state index is 10.6. The maximum Gasteiger partial charge on any atom is 0.339 e. The first-order valence-electron chi connectivity index (χ1n) is 3.64. The van der Waals surface area contributed by atoms with Crippen molar-refractivity contribution in [2.24, 2.45) is 0 Å². The maximum atomic E-state index is 10.6. The molecular formula is C7H6O9. The van der Waals surface area contributed by atoms with Crippen molar-refractivity contribution in [2.45, 2.75) is 0 Å². The zero-order chi connectivity index (χ0) is 12.3. The molecule has 0 aliphatic rings. The summed E-state index contributed by atoms with van der Waals surface area (Å²) in [7, 11) is 0. The van der Waals surface area contributed by atoms with E-state index in [1.807, 2.05) is 0 Å². The highest BCUT2D eigenvalue weighted by Crippen LogP contribution is 2.45. The van der Waals surface area contributed by atoms with Gasteiger partial charge < -0.3 is 24.9 Å². The zero-order valence-electron chi connectivity index (χ0n) is 7.45. The van der Waals surface area contributed by atoms with Gasteiger partial charge in [-0.25, -0.2) is 20.6 Å². The number of carboxylic acids is 1. The second-order valence-corrected chi connectivity index (χ2v) is 2.51. The lowest BCUT2D eigenvalue weighted by atomic mass is 10.1. The average molecular weight is 234 g/mol. The zero-order valence-corrected chi connectivity index (χ0v) is 7.45. The number of aromatic carboxylic acids is 1. The summed E-state index contributed by atoms with van der Waals surface area (Å²) in [5, 5.41) is 43.0. The Balaban J connectivity index is 3.54. The van der Waals surface area contributed by atoms with Crippen molar-refractivity contribution >= 4 is 5.97 Å². The SMILES string of the molecule is O=C(O)c1cc(OO)c(OO)c(OO)c1O. The van der Waals surface area contributed by atoms with Gasteiger partial charge in [-0.15, -0.1) is 0 Å². The first kappa shape index (κ1) is 11.8. The molecule has 0 fully saturated rings. The molecule has 1 aromatic rings. The molecule has 0 unspecified atom stereocenters. The number of carboxylic acid groups (broad SMARTS) is 1. The fraction of sp³-hybridized carbons (Fsp3) is 0.